The Kier molecular flexibility index (Phi) is 5.15. The summed E-state index contributed by atoms with van der Waals surface area (Å²) in [6.07, 6.45) is 0. The first-order valence-electron chi connectivity index (χ1n) is 6.40. The topological polar surface area (TPSA) is 47.6 Å². The Labute approximate surface area is 131 Å². The lowest BCUT2D eigenvalue weighted by Crippen LogP contribution is -2.14. The molecule has 0 aliphatic rings. The van der Waals surface area contributed by atoms with Gasteiger partial charge in [0.1, 0.15) is 19.4 Å². The molecule has 8 heteroatoms. The van der Waals surface area contributed by atoms with Gasteiger partial charge in [0.2, 0.25) is 0 Å². The molecule has 0 aliphatic heterocycles. The summed E-state index contributed by atoms with van der Waals surface area (Å²) < 4.78 is 46.5. The Morgan fingerprint density at radius 1 is 1.22 bits per heavy atom. The smallest absolute Gasteiger partial charge is 0.387 e. The van der Waals surface area contributed by atoms with Crippen LogP contribution >= 0.6 is 0 Å². The van der Waals surface area contributed by atoms with Crippen LogP contribution in [0.5, 0.6) is 5.75 Å². The highest BCUT2D eigenvalue weighted by molar-refractivity contribution is 6.33. The Bertz CT molecular complexity index is 708. The summed E-state index contributed by atoms with van der Waals surface area (Å²) in [6, 6.07) is 7.75. The largest absolute Gasteiger partial charge is 0.465 e. The fraction of sp³-hybridized carbons (Fsp3) is 0.133. The summed E-state index contributed by atoms with van der Waals surface area (Å²) in [5.74, 6) is -1.52. The Hall–Kier alpha value is -2.64. The lowest BCUT2D eigenvalue weighted by molar-refractivity contribution is -0.0498. The third-order valence-corrected chi connectivity index (χ3v) is 2.90. The van der Waals surface area contributed by atoms with Crippen LogP contribution in [0, 0.1) is 5.82 Å². The van der Waals surface area contributed by atoms with Gasteiger partial charge in [0.15, 0.2) is 0 Å². The van der Waals surface area contributed by atoms with E-state index in [1.807, 2.05) is 0 Å². The zero-order valence-electron chi connectivity index (χ0n) is 12.0. The summed E-state index contributed by atoms with van der Waals surface area (Å²) in [7, 11) is 6.66. The van der Waals surface area contributed by atoms with Crippen molar-refractivity contribution >= 4 is 30.7 Å². The summed E-state index contributed by atoms with van der Waals surface area (Å²) in [5.41, 5.74) is 0.478. The van der Waals surface area contributed by atoms with Crippen molar-refractivity contribution in [3.63, 3.8) is 0 Å². The predicted molar refractivity (Wildman–Crippen MR) is 79.5 cm³/mol. The molecule has 0 unspecified atom stereocenters. The summed E-state index contributed by atoms with van der Waals surface area (Å²) in [5, 5.41) is 2.85. The number of alkyl halides is 2. The minimum absolute atomic E-state index is 0.0163. The van der Waals surface area contributed by atoms with Crippen LogP contribution in [0.15, 0.2) is 36.4 Å². The van der Waals surface area contributed by atoms with Crippen LogP contribution in [-0.4, -0.2) is 27.5 Å². The molecule has 0 saturated heterocycles. The van der Waals surface area contributed by atoms with Gasteiger partial charge in [-0.1, -0.05) is 5.46 Å². The number of methoxy groups -OCH3 is 1. The van der Waals surface area contributed by atoms with E-state index in [0.717, 1.165) is 13.2 Å². The van der Waals surface area contributed by atoms with E-state index in [4.69, 9.17) is 7.85 Å². The third kappa shape index (κ3) is 4.18. The first kappa shape index (κ1) is 16.7. The highest BCUT2D eigenvalue weighted by Crippen LogP contribution is 2.24. The van der Waals surface area contributed by atoms with Crippen LogP contribution in [-0.2, 0) is 4.74 Å². The molecule has 23 heavy (non-hydrogen) atoms. The van der Waals surface area contributed by atoms with Crippen LogP contribution in [0.1, 0.15) is 10.4 Å². The molecule has 0 amide bonds. The van der Waals surface area contributed by atoms with Crippen molar-refractivity contribution in [3.05, 3.63) is 47.8 Å². The molecular formula is C15H11BF3NO3. The van der Waals surface area contributed by atoms with Gasteiger partial charge >= 0.3 is 12.6 Å². The maximum atomic E-state index is 13.5. The van der Waals surface area contributed by atoms with Gasteiger partial charge in [0.25, 0.3) is 0 Å². The molecule has 0 heterocycles. The number of hydrogen-bond donors (Lipinski definition) is 1. The molecule has 0 atom stereocenters. The second-order valence-corrected chi connectivity index (χ2v) is 4.44. The number of carbonyl (C=O) groups excluding carboxylic acids is 1. The van der Waals surface area contributed by atoms with Crippen molar-refractivity contribution in [2.24, 2.45) is 0 Å². The predicted octanol–water partition coefficient (Wildman–Crippen LogP) is 2.75. The molecule has 4 nitrogen and oxygen atoms in total. The van der Waals surface area contributed by atoms with Gasteiger partial charge in [0.05, 0.1) is 18.4 Å². The van der Waals surface area contributed by atoms with Crippen LogP contribution in [0.4, 0.5) is 24.5 Å². The summed E-state index contributed by atoms with van der Waals surface area (Å²) in [4.78, 5) is 11.7. The molecule has 0 aliphatic carbocycles. The highest BCUT2D eigenvalue weighted by atomic mass is 19.3. The number of hydrogen-bond acceptors (Lipinski definition) is 4. The van der Waals surface area contributed by atoms with Crippen molar-refractivity contribution in [3.8, 4) is 5.75 Å². The van der Waals surface area contributed by atoms with E-state index in [1.165, 1.54) is 30.3 Å². The number of halogens is 3. The van der Waals surface area contributed by atoms with E-state index in [9.17, 15) is 18.0 Å². The van der Waals surface area contributed by atoms with E-state index in [0.29, 0.717) is 5.69 Å². The number of benzene rings is 2. The van der Waals surface area contributed by atoms with Crippen LogP contribution in [0.3, 0.4) is 0 Å². The molecule has 2 radical (unpaired) electrons. The standard InChI is InChI=1S/C15H11BF3NO3/c1-22-14(21)10-6-12(17)11(16)7-13(10)20-8-2-4-9(5-3-8)23-15(18)19/h2-7,15,20H,1H3. The fourth-order valence-electron chi connectivity index (χ4n) is 1.85. The molecule has 2 aromatic carbocycles. The van der Waals surface area contributed by atoms with Crippen molar-refractivity contribution in [1.82, 2.24) is 0 Å². The first-order chi connectivity index (χ1) is 10.9. The molecule has 0 aromatic heterocycles. The average molecular weight is 321 g/mol. The molecule has 2 rings (SSSR count). The Morgan fingerprint density at radius 2 is 1.87 bits per heavy atom. The minimum Gasteiger partial charge on any atom is -0.465 e. The number of ether oxygens (including phenoxy) is 2. The monoisotopic (exact) mass is 321 g/mol. The van der Waals surface area contributed by atoms with Gasteiger partial charge in [0, 0.05) is 5.69 Å². The lowest BCUT2D eigenvalue weighted by Gasteiger charge is -2.13. The van der Waals surface area contributed by atoms with Crippen molar-refractivity contribution < 1.29 is 27.4 Å². The number of rotatable bonds is 5. The lowest BCUT2D eigenvalue weighted by atomic mass is 9.93. The van der Waals surface area contributed by atoms with Crippen LogP contribution < -0.4 is 15.5 Å². The number of esters is 1. The zero-order chi connectivity index (χ0) is 17.0. The van der Waals surface area contributed by atoms with E-state index in [1.54, 1.807) is 0 Å². The molecule has 0 fully saturated rings. The number of anilines is 2. The Morgan fingerprint density at radius 3 is 2.43 bits per heavy atom. The van der Waals surface area contributed by atoms with Gasteiger partial charge in [-0.2, -0.15) is 8.78 Å². The van der Waals surface area contributed by atoms with Crippen LogP contribution in [0.25, 0.3) is 0 Å². The average Bonchev–Trinajstić information content (AvgIpc) is 2.51. The van der Waals surface area contributed by atoms with E-state index >= 15 is 0 Å². The zero-order valence-corrected chi connectivity index (χ0v) is 12.0. The second-order valence-electron chi connectivity index (χ2n) is 4.44. The number of nitrogens with one attached hydrogen (secondary N) is 1. The maximum Gasteiger partial charge on any atom is 0.387 e. The van der Waals surface area contributed by atoms with Crippen LogP contribution in [0.2, 0.25) is 0 Å². The highest BCUT2D eigenvalue weighted by Gasteiger charge is 2.15. The molecular weight excluding hydrogens is 310 g/mol. The van der Waals surface area contributed by atoms with Crippen molar-refractivity contribution in [1.29, 1.82) is 0 Å². The SMILES string of the molecule is [B]c1cc(Nc2ccc(OC(F)F)cc2)c(C(=O)OC)cc1F. The molecule has 118 valence electrons. The van der Waals surface area contributed by atoms with E-state index < -0.39 is 18.4 Å². The maximum absolute atomic E-state index is 13.5. The number of carbonyl (C=O) groups is 1. The normalized spacial score (nSPS) is 10.5. The van der Waals surface area contributed by atoms with Crippen molar-refractivity contribution in [2.45, 2.75) is 6.61 Å². The summed E-state index contributed by atoms with van der Waals surface area (Å²) >= 11 is 0. The van der Waals surface area contributed by atoms with E-state index in [-0.39, 0.29) is 22.5 Å². The van der Waals surface area contributed by atoms with Gasteiger partial charge in [-0.05, 0) is 36.4 Å². The molecule has 1 N–H and O–H groups in total. The molecule has 0 saturated carbocycles. The molecule has 0 bridgehead atoms. The molecule has 0 spiro atoms. The Balaban J connectivity index is 2.28. The second kappa shape index (κ2) is 7.08. The molecule has 2 aromatic rings. The van der Waals surface area contributed by atoms with Gasteiger partial charge in [-0.25, -0.2) is 9.18 Å². The fourth-order valence-corrected chi connectivity index (χ4v) is 1.85. The van der Waals surface area contributed by atoms with E-state index in [2.05, 4.69) is 14.8 Å². The third-order valence-electron chi connectivity index (χ3n) is 2.90. The minimum atomic E-state index is -2.92. The van der Waals surface area contributed by atoms with Gasteiger partial charge in [-0.3, -0.25) is 0 Å². The first-order valence-corrected chi connectivity index (χ1v) is 6.40. The quantitative estimate of drug-likeness (QED) is 0.679. The summed E-state index contributed by atoms with van der Waals surface area (Å²) in [6.45, 7) is -2.92. The van der Waals surface area contributed by atoms with Gasteiger partial charge < -0.3 is 14.8 Å². The van der Waals surface area contributed by atoms with Gasteiger partial charge in [-0.15, -0.1) is 0 Å². The van der Waals surface area contributed by atoms with Crippen molar-refractivity contribution in [2.75, 3.05) is 12.4 Å².